The molecular formula is C18H17Cl2N3O2. The molecule has 0 radical (unpaired) electrons. The Morgan fingerprint density at radius 3 is 2.72 bits per heavy atom. The summed E-state index contributed by atoms with van der Waals surface area (Å²) in [6, 6.07) is 10.7. The monoisotopic (exact) mass is 377 g/mol. The highest BCUT2D eigenvalue weighted by Crippen LogP contribution is 2.22. The second-order valence-corrected chi connectivity index (χ2v) is 6.53. The molecule has 25 heavy (non-hydrogen) atoms. The third kappa shape index (κ3) is 4.06. The van der Waals surface area contributed by atoms with Crippen molar-refractivity contribution in [3.8, 4) is 11.5 Å². The van der Waals surface area contributed by atoms with Gasteiger partial charge in [0.25, 0.3) is 5.91 Å². The molecule has 0 aliphatic rings. The average Bonchev–Trinajstić information content (AvgIpc) is 3.15. The molecule has 2 aromatic heterocycles. The topological polar surface area (TPSA) is 60.1 Å². The van der Waals surface area contributed by atoms with Crippen LogP contribution in [0.15, 0.2) is 40.8 Å². The van der Waals surface area contributed by atoms with E-state index in [2.05, 4.69) is 10.4 Å². The molecular weight excluding hydrogens is 361 g/mol. The molecule has 1 amide bonds. The third-order valence-corrected chi connectivity index (χ3v) is 4.39. The third-order valence-electron chi connectivity index (χ3n) is 3.80. The van der Waals surface area contributed by atoms with E-state index in [0.29, 0.717) is 40.2 Å². The van der Waals surface area contributed by atoms with Crippen LogP contribution in [0, 0.1) is 6.92 Å². The van der Waals surface area contributed by atoms with E-state index in [1.54, 1.807) is 25.2 Å². The van der Waals surface area contributed by atoms with Crippen molar-refractivity contribution in [3.05, 3.63) is 63.5 Å². The van der Waals surface area contributed by atoms with E-state index >= 15 is 0 Å². The summed E-state index contributed by atoms with van der Waals surface area (Å²) >= 11 is 12.0. The van der Waals surface area contributed by atoms with Crippen molar-refractivity contribution in [1.29, 1.82) is 0 Å². The summed E-state index contributed by atoms with van der Waals surface area (Å²) in [4.78, 5) is 12.4. The molecule has 2 heterocycles. The van der Waals surface area contributed by atoms with E-state index in [9.17, 15) is 4.79 Å². The number of halogens is 2. The minimum atomic E-state index is -0.199. The largest absolute Gasteiger partial charge is 0.460 e. The van der Waals surface area contributed by atoms with Gasteiger partial charge in [-0.3, -0.25) is 9.48 Å². The Bertz CT molecular complexity index is 915. The Hall–Kier alpha value is -2.24. The highest BCUT2D eigenvalue weighted by molar-refractivity contribution is 6.35. The van der Waals surface area contributed by atoms with Gasteiger partial charge in [-0.05, 0) is 43.2 Å². The van der Waals surface area contributed by atoms with Gasteiger partial charge in [-0.2, -0.15) is 5.10 Å². The molecule has 7 heteroatoms. The molecule has 0 unspecified atom stereocenters. The van der Waals surface area contributed by atoms with Gasteiger partial charge in [-0.1, -0.05) is 29.3 Å². The molecule has 0 aliphatic carbocycles. The number of rotatable bonds is 5. The number of benzene rings is 1. The number of aryl methyl sites for hydroxylation is 2. The Balaban J connectivity index is 1.64. The van der Waals surface area contributed by atoms with E-state index < -0.39 is 0 Å². The Morgan fingerprint density at radius 1 is 1.24 bits per heavy atom. The maximum atomic E-state index is 12.4. The van der Waals surface area contributed by atoms with Crippen LogP contribution >= 0.6 is 23.2 Å². The standard InChI is InChI=1S/C18H17Cl2N3O2/c1-11-3-6-17(25-11)15-10-16(23(2)22-15)18(24)21-8-7-12-4-5-13(19)9-14(12)20/h3-6,9-10H,7-8H2,1-2H3,(H,21,24). The van der Waals surface area contributed by atoms with Crippen molar-refractivity contribution >= 4 is 29.1 Å². The van der Waals surface area contributed by atoms with Gasteiger partial charge in [0.1, 0.15) is 17.1 Å². The maximum absolute atomic E-state index is 12.4. The predicted octanol–water partition coefficient (Wildman–Crippen LogP) is 4.27. The van der Waals surface area contributed by atoms with Crippen molar-refractivity contribution in [2.45, 2.75) is 13.3 Å². The van der Waals surface area contributed by atoms with Gasteiger partial charge >= 0.3 is 0 Å². The van der Waals surface area contributed by atoms with Gasteiger partial charge in [0.15, 0.2) is 5.76 Å². The van der Waals surface area contributed by atoms with Gasteiger partial charge in [0, 0.05) is 29.7 Å². The molecule has 0 aliphatic heterocycles. The summed E-state index contributed by atoms with van der Waals surface area (Å²) in [5, 5.41) is 8.40. The quantitative estimate of drug-likeness (QED) is 0.722. The van der Waals surface area contributed by atoms with Crippen LogP contribution in [0.2, 0.25) is 10.0 Å². The number of aromatic nitrogens is 2. The van der Waals surface area contributed by atoms with E-state index in [1.165, 1.54) is 4.68 Å². The highest BCUT2D eigenvalue weighted by Gasteiger charge is 2.15. The number of hydrogen-bond donors (Lipinski definition) is 1. The van der Waals surface area contributed by atoms with E-state index in [-0.39, 0.29) is 5.91 Å². The number of hydrogen-bond acceptors (Lipinski definition) is 3. The molecule has 1 aromatic carbocycles. The van der Waals surface area contributed by atoms with E-state index in [4.69, 9.17) is 27.6 Å². The zero-order valence-electron chi connectivity index (χ0n) is 13.8. The average molecular weight is 378 g/mol. The summed E-state index contributed by atoms with van der Waals surface area (Å²) in [6.45, 7) is 2.32. The van der Waals surface area contributed by atoms with E-state index in [0.717, 1.165) is 11.3 Å². The van der Waals surface area contributed by atoms with Crippen molar-refractivity contribution < 1.29 is 9.21 Å². The number of nitrogens with one attached hydrogen (secondary N) is 1. The fourth-order valence-electron chi connectivity index (χ4n) is 2.50. The van der Waals surface area contributed by atoms with Crippen LogP contribution in [0.5, 0.6) is 0 Å². The first-order valence-corrected chi connectivity index (χ1v) is 8.52. The summed E-state index contributed by atoms with van der Waals surface area (Å²) in [6.07, 6.45) is 0.615. The number of amides is 1. The van der Waals surface area contributed by atoms with Gasteiger partial charge < -0.3 is 9.73 Å². The molecule has 0 saturated carbocycles. The Kier molecular flexibility index (Phi) is 5.16. The molecule has 5 nitrogen and oxygen atoms in total. The van der Waals surface area contributed by atoms with E-state index in [1.807, 2.05) is 25.1 Å². The normalized spacial score (nSPS) is 10.9. The highest BCUT2D eigenvalue weighted by atomic mass is 35.5. The van der Waals surface area contributed by atoms with Gasteiger partial charge in [-0.25, -0.2) is 0 Å². The molecule has 1 N–H and O–H groups in total. The fourth-order valence-corrected chi connectivity index (χ4v) is 3.00. The Labute approximate surface area is 155 Å². The van der Waals surface area contributed by atoms with Crippen molar-refractivity contribution in [2.24, 2.45) is 7.05 Å². The van der Waals surface area contributed by atoms with Gasteiger partial charge in [0.2, 0.25) is 0 Å². The first kappa shape index (κ1) is 17.6. The SMILES string of the molecule is Cc1ccc(-c2cc(C(=O)NCCc3ccc(Cl)cc3Cl)n(C)n2)o1. The van der Waals surface area contributed by atoms with Crippen molar-refractivity contribution in [2.75, 3.05) is 6.54 Å². The van der Waals surface area contributed by atoms with Crippen molar-refractivity contribution in [3.63, 3.8) is 0 Å². The number of carbonyl (C=O) groups excluding carboxylic acids is 1. The van der Waals surface area contributed by atoms with Crippen LogP contribution in [0.1, 0.15) is 21.8 Å². The smallest absolute Gasteiger partial charge is 0.269 e. The van der Waals surface area contributed by atoms with Crippen LogP contribution in [0.25, 0.3) is 11.5 Å². The minimum absolute atomic E-state index is 0.199. The molecule has 0 fully saturated rings. The second kappa shape index (κ2) is 7.33. The summed E-state index contributed by atoms with van der Waals surface area (Å²) < 4.78 is 7.09. The summed E-state index contributed by atoms with van der Waals surface area (Å²) in [5.74, 6) is 1.24. The molecule has 130 valence electrons. The fraction of sp³-hybridized carbons (Fsp3) is 0.222. The lowest BCUT2D eigenvalue weighted by molar-refractivity contribution is 0.0944. The summed E-state index contributed by atoms with van der Waals surface area (Å²) in [7, 11) is 1.73. The molecule has 0 atom stereocenters. The van der Waals surface area contributed by atoms with Gasteiger partial charge in [-0.15, -0.1) is 0 Å². The number of nitrogens with zero attached hydrogens (tertiary/aromatic N) is 2. The lowest BCUT2D eigenvalue weighted by Crippen LogP contribution is -2.27. The zero-order valence-corrected chi connectivity index (χ0v) is 15.4. The summed E-state index contributed by atoms with van der Waals surface area (Å²) in [5.41, 5.74) is 2.02. The van der Waals surface area contributed by atoms with Crippen LogP contribution < -0.4 is 5.32 Å². The molecule has 0 saturated heterocycles. The molecule has 3 rings (SSSR count). The predicted molar refractivity (Wildman–Crippen MR) is 98.1 cm³/mol. The minimum Gasteiger partial charge on any atom is -0.460 e. The molecule has 0 spiro atoms. The van der Waals surface area contributed by atoms with Crippen LogP contribution in [0.4, 0.5) is 0 Å². The molecule has 0 bridgehead atoms. The number of carbonyl (C=O) groups is 1. The first-order valence-electron chi connectivity index (χ1n) is 7.77. The number of furan rings is 1. The second-order valence-electron chi connectivity index (χ2n) is 5.69. The Morgan fingerprint density at radius 2 is 2.04 bits per heavy atom. The lowest BCUT2D eigenvalue weighted by atomic mass is 10.1. The van der Waals surface area contributed by atoms with Crippen LogP contribution in [0.3, 0.4) is 0 Å². The zero-order chi connectivity index (χ0) is 18.0. The molecule has 3 aromatic rings. The lowest BCUT2D eigenvalue weighted by Gasteiger charge is -2.07. The van der Waals surface area contributed by atoms with Crippen LogP contribution in [-0.2, 0) is 13.5 Å². The van der Waals surface area contributed by atoms with Crippen LogP contribution in [-0.4, -0.2) is 22.2 Å². The maximum Gasteiger partial charge on any atom is 0.269 e. The first-order chi connectivity index (χ1) is 11.9. The van der Waals surface area contributed by atoms with Gasteiger partial charge in [0.05, 0.1) is 0 Å². The van der Waals surface area contributed by atoms with Crippen molar-refractivity contribution in [1.82, 2.24) is 15.1 Å².